The van der Waals surface area contributed by atoms with Crippen molar-refractivity contribution in [1.82, 2.24) is 10.4 Å². The van der Waals surface area contributed by atoms with Crippen LogP contribution >= 0.6 is 11.6 Å². The molecule has 25 heavy (non-hydrogen) atoms. The molecule has 6 heteroatoms. The number of hydrazone groups is 1. The van der Waals surface area contributed by atoms with Gasteiger partial charge in [0.25, 0.3) is 5.91 Å². The van der Waals surface area contributed by atoms with Gasteiger partial charge in [-0.15, -0.1) is 0 Å². The Hall–Kier alpha value is -2.92. The summed E-state index contributed by atoms with van der Waals surface area (Å²) >= 11 is 6.19. The lowest BCUT2D eigenvalue weighted by Gasteiger charge is -2.04. The summed E-state index contributed by atoms with van der Waals surface area (Å²) < 4.78 is 5.06. The first kappa shape index (κ1) is 16.9. The van der Waals surface area contributed by atoms with E-state index < -0.39 is 0 Å². The van der Waals surface area contributed by atoms with Crippen LogP contribution in [0, 0.1) is 6.92 Å². The summed E-state index contributed by atoms with van der Waals surface area (Å²) in [7, 11) is 1.57. The number of hydrogen-bond donors (Lipinski definition) is 1. The van der Waals surface area contributed by atoms with Crippen LogP contribution in [0.5, 0.6) is 5.75 Å². The van der Waals surface area contributed by atoms with Gasteiger partial charge in [0, 0.05) is 16.5 Å². The van der Waals surface area contributed by atoms with Crippen LogP contribution in [-0.4, -0.2) is 24.2 Å². The molecule has 2 aromatic carbocycles. The van der Waals surface area contributed by atoms with Crippen molar-refractivity contribution in [2.24, 2.45) is 5.10 Å². The maximum Gasteiger partial charge on any atom is 0.271 e. The maximum absolute atomic E-state index is 12.1. The highest BCUT2D eigenvalue weighted by Gasteiger charge is 2.06. The summed E-state index contributed by atoms with van der Waals surface area (Å²) in [6.45, 7) is 2.00. The van der Waals surface area contributed by atoms with E-state index in [1.54, 1.807) is 31.4 Å². The number of rotatable bonds is 4. The Morgan fingerprint density at radius 2 is 1.96 bits per heavy atom. The first-order valence-corrected chi connectivity index (χ1v) is 7.99. The Morgan fingerprint density at radius 1 is 1.20 bits per heavy atom. The second-order valence-electron chi connectivity index (χ2n) is 5.49. The molecule has 0 saturated heterocycles. The second-order valence-corrected chi connectivity index (χ2v) is 5.85. The average molecular weight is 354 g/mol. The molecule has 0 saturated carbocycles. The normalized spacial score (nSPS) is 11.0. The lowest BCUT2D eigenvalue weighted by molar-refractivity contribution is 0.0955. The van der Waals surface area contributed by atoms with E-state index >= 15 is 0 Å². The van der Waals surface area contributed by atoms with Crippen LogP contribution in [0.3, 0.4) is 0 Å². The van der Waals surface area contributed by atoms with E-state index in [9.17, 15) is 4.79 Å². The highest BCUT2D eigenvalue weighted by Crippen LogP contribution is 2.20. The topological polar surface area (TPSA) is 63.6 Å². The standard InChI is InChI=1S/C19H16ClN3O2/c1-12-3-4-14-10-15(18(20)22-17(14)9-12)11-21-23-19(24)13-5-7-16(25-2)8-6-13/h3-11H,1-2H3,(H,23,24). The van der Waals surface area contributed by atoms with Crippen LogP contribution < -0.4 is 10.2 Å². The molecule has 0 unspecified atom stereocenters. The molecule has 0 aliphatic rings. The molecule has 1 aromatic heterocycles. The summed E-state index contributed by atoms with van der Waals surface area (Å²) in [6, 6.07) is 14.6. The number of pyridine rings is 1. The smallest absolute Gasteiger partial charge is 0.271 e. The van der Waals surface area contributed by atoms with Gasteiger partial charge in [-0.05, 0) is 48.9 Å². The number of halogens is 1. The number of nitrogens with zero attached hydrogens (tertiary/aromatic N) is 2. The zero-order valence-electron chi connectivity index (χ0n) is 13.8. The van der Waals surface area contributed by atoms with E-state index in [0.29, 0.717) is 22.0 Å². The van der Waals surface area contributed by atoms with E-state index in [4.69, 9.17) is 16.3 Å². The first-order chi connectivity index (χ1) is 12.1. The Bertz CT molecular complexity index is 953. The molecular formula is C19H16ClN3O2. The monoisotopic (exact) mass is 353 g/mol. The van der Waals surface area contributed by atoms with Crippen molar-refractivity contribution >= 4 is 34.6 Å². The number of hydrogen-bond acceptors (Lipinski definition) is 4. The zero-order valence-corrected chi connectivity index (χ0v) is 14.5. The molecule has 0 radical (unpaired) electrons. The van der Waals surface area contributed by atoms with Gasteiger partial charge in [-0.3, -0.25) is 4.79 Å². The van der Waals surface area contributed by atoms with E-state index in [2.05, 4.69) is 15.5 Å². The van der Waals surface area contributed by atoms with Gasteiger partial charge in [0.2, 0.25) is 0 Å². The average Bonchev–Trinajstić information content (AvgIpc) is 2.62. The lowest BCUT2D eigenvalue weighted by Crippen LogP contribution is -2.17. The fourth-order valence-corrected chi connectivity index (χ4v) is 2.52. The molecule has 0 bridgehead atoms. The number of fused-ring (bicyclic) bond motifs is 1. The first-order valence-electron chi connectivity index (χ1n) is 7.61. The maximum atomic E-state index is 12.1. The summed E-state index contributed by atoms with van der Waals surface area (Å²) in [4.78, 5) is 16.4. The van der Waals surface area contributed by atoms with Crippen LogP contribution in [0.15, 0.2) is 53.6 Å². The Morgan fingerprint density at radius 3 is 2.68 bits per heavy atom. The van der Waals surface area contributed by atoms with Crippen molar-refractivity contribution in [2.45, 2.75) is 6.92 Å². The van der Waals surface area contributed by atoms with Crippen molar-refractivity contribution in [1.29, 1.82) is 0 Å². The highest BCUT2D eigenvalue weighted by atomic mass is 35.5. The van der Waals surface area contributed by atoms with E-state index in [-0.39, 0.29) is 5.91 Å². The SMILES string of the molecule is COc1ccc(C(=O)NN=Cc2cc3ccc(C)cc3nc2Cl)cc1. The van der Waals surface area contributed by atoms with Crippen molar-refractivity contribution in [3.8, 4) is 5.75 Å². The van der Waals surface area contributed by atoms with E-state index in [1.807, 2.05) is 31.2 Å². The van der Waals surface area contributed by atoms with Gasteiger partial charge in [0.1, 0.15) is 10.9 Å². The van der Waals surface area contributed by atoms with E-state index in [1.165, 1.54) is 6.21 Å². The van der Waals surface area contributed by atoms with Gasteiger partial charge in [-0.25, -0.2) is 10.4 Å². The zero-order chi connectivity index (χ0) is 17.8. The van der Waals surface area contributed by atoms with Crippen molar-refractivity contribution in [3.63, 3.8) is 0 Å². The number of aromatic nitrogens is 1. The lowest BCUT2D eigenvalue weighted by atomic mass is 10.1. The third-order valence-corrected chi connectivity index (χ3v) is 3.98. The minimum Gasteiger partial charge on any atom is -0.497 e. The summed E-state index contributed by atoms with van der Waals surface area (Å²) in [5.74, 6) is 0.365. The van der Waals surface area contributed by atoms with Gasteiger partial charge in [-0.1, -0.05) is 23.7 Å². The molecule has 1 N–H and O–H groups in total. The third-order valence-electron chi connectivity index (χ3n) is 3.68. The highest BCUT2D eigenvalue weighted by molar-refractivity contribution is 6.32. The summed E-state index contributed by atoms with van der Waals surface area (Å²) in [5.41, 5.74) is 5.53. The van der Waals surface area contributed by atoms with Crippen molar-refractivity contribution in [2.75, 3.05) is 7.11 Å². The number of carbonyl (C=O) groups is 1. The van der Waals surface area contributed by atoms with Crippen LogP contribution in [0.4, 0.5) is 0 Å². The van der Waals surface area contributed by atoms with Crippen LogP contribution in [0.1, 0.15) is 21.5 Å². The molecular weight excluding hydrogens is 338 g/mol. The molecule has 0 aliphatic heterocycles. The molecule has 1 amide bonds. The fourth-order valence-electron chi connectivity index (χ4n) is 2.33. The van der Waals surface area contributed by atoms with Gasteiger partial charge in [0.15, 0.2) is 0 Å². The molecule has 0 spiro atoms. The number of amides is 1. The molecule has 3 rings (SSSR count). The molecule has 0 aliphatic carbocycles. The van der Waals surface area contributed by atoms with Gasteiger partial charge >= 0.3 is 0 Å². The Labute approximate surface area is 150 Å². The molecule has 126 valence electrons. The fraction of sp³-hybridized carbons (Fsp3) is 0.105. The largest absolute Gasteiger partial charge is 0.497 e. The van der Waals surface area contributed by atoms with Gasteiger partial charge in [0.05, 0.1) is 18.8 Å². The predicted molar refractivity (Wildman–Crippen MR) is 99.5 cm³/mol. The summed E-state index contributed by atoms with van der Waals surface area (Å²) in [6.07, 6.45) is 1.48. The third kappa shape index (κ3) is 3.95. The number of nitrogens with one attached hydrogen (secondary N) is 1. The number of methoxy groups -OCH3 is 1. The molecule has 5 nitrogen and oxygen atoms in total. The molecule has 1 heterocycles. The Balaban J connectivity index is 1.75. The Kier molecular flexibility index (Phi) is 4.95. The van der Waals surface area contributed by atoms with Crippen LogP contribution in [0.25, 0.3) is 10.9 Å². The quantitative estimate of drug-likeness (QED) is 0.438. The molecule has 0 atom stereocenters. The predicted octanol–water partition coefficient (Wildman–Crippen LogP) is 3.97. The number of benzene rings is 2. The van der Waals surface area contributed by atoms with Crippen molar-refractivity contribution in [3.05, 3.63) is 70.4 Å². The van der Waals surface area contributed by atoms with Crippen LogP contribution in [0.2, 0.25) is 5.15 Å². The number of aryl methyl sites for hydroxylation is 1. The van der Waals surface area contributed by atoms with E-state index in [0.717, 1.165) is 16.5 Å². The number of carbonyl (C=O) groups excluding carboxylic acids is 1. The number of ether oxygens (including phenoxy) is 1. The van der Waals surface area contributed by atoms with Crippen LogP contribution in [-0.2, 0) is 0 Å². The molecule has 0 fully saturated rings. The minimum absolute atomic E-state index is 0.320. The minimum atomic E-state index is -0.320. The van der Waals surface area contributed by atoms with Gasteiger partial charge < -0.3 is 4.74 Å². The van der Waals surface area contributed by atoms with Crippen molar-refractivity contribution < 1.29 is 9.53 Å². The summed E-state index contributed by atoms with van der Waals surface area (Å²) in [5, 5.41) is 5.26. The molecule has 3 aromatic rings. The second kappa shape index (κ2) is 7.32. The van der Waals surface area contributed by atoms with Gasteiger partial charge in [-0.2, -0.15) is 5.10 Å².